The molecule has 0 amide bonds. The van der Waals surface area contributed by atoms with Crippen LogP contribution in [0.1, 0.15) is 54.5 Å². The van der Waals surface area contributed by atoms with E-state index in [4.69, 9.17) is 25.8 Å². The monoisotopic (exact) mass is 604 g/mol. The van der Waals surface area contributed by atoms with Gasteiger partial charge in [-0.1, -0.05) is 104 Å². The van der Waals surface area contributed by atoms with E-state index in [0.29, 0.717) is 29.0 Å². The van der Waals surface area contributed by atoms with Crippen LogP contribution in [0, 0.1) is 5.82 Å². The number of rotatable bonds is 11. The van der Waals surface area contributed by atoms with Crippen LogP contribution in [-0.4, -0.2) is 34.1 Å². The average molecular weight is 605 g/mol. The molecule has 0 aliphatic carbocycles. The Balaban J connectivity index is 1.57. The number of halogens is 2. The van der Waals surface area contributed by atoms with Gasteiger partial charge < -0.3 is 24.4 Å². The van der Waals surface area contributed by atoms with Crippen molar-refractivity contribution in [3.8, 4) is 0 Å². The van der Waals surface area contributed by atoms with Crippen LogP contribution in [0.2, 0.25) is 5.02 Å². The molecule has 1 saturated heterocycles. The van der Waals surface area contributed by atoms with Gasteiger partial charge in [-0.2, -0.15) is 0 Å². The normalized spacial score (nSPS) is 23.3. The van der Waals surface area contributed by atoms with E-state index in [-0.39, 0.29) is 19.6 Å². The Kier molecular flexibility index (Phi) is 9.97. The number of aliphatic hydroxyl groups is 2. The van der Waals surface area contributed by atoms with Gasteiger partial charge in [0.15, 0.2) is 0 Å². The van der Waals surface area contributed by atoms with Gasteiger partial charge in [-0.3, -0.25) is 0 Å². The maximum absolute atomic E-state index is 15.2. The van der Waals surface area contributed by atoms with Crippen LogP contribution >= 0.6 is 11.6 Å². The molecule has 5 rings (SSSR count). The van der Waals surface area contributed by atoms with Crippen molar-refractivity contribution in [1.82, 2.24) is 0 Å². The Morgan fingerprint density at radius 1 is 0.791 bits per heavy atom. The van der Waals surface area contributed by atoms with Crippen molar-refractivity contribution in [2.24, 2.45) is 0 Å². The lowest BCUT2D eigenvalue weighted by Crippen LogP contribution is -2.69. The van der Waals surface area contributed by atoms with Crippen LogP contribution < -0.4 is 0 Å². The number of hydrogen-bond acceptors (Lipinski definition) is 5. The first-order valence-corrected chi connectivity index (χ1v) is 15.1. The third-order valence-electron chi connectivity index (χ3n) is 8.41. The van der Waals surface area contributed by atoms with E-state index in [1.807, 2.05) is 86.6 Å². The lowest BCUT2D eigenvalue weighted by molar-refractivity contribution is -0.399. The molecule has 4 unspecified atom stereocenters. The van der Waals surface area contributed by atoms with Gasteiger partial charge in [-0.25, -0.2) is 4.39 Å². The van der Waals surface area contributed by atoms with Crippen molar-refractivity contribution in [2.75, 3.05) is 0 Å². The van der Waals surface area contributed by atoms with Crippen molar-refractivity contribution in [2.45, 2.75) is 76.0 Å². The zero-order valence-corrected chi connectivity index (χ0v) is 25.2. The molecule has 1 heterocycles. The van der Waals surface area contributed by atoms with Crippen molar-refractivity contribution in [1.29, 1.82) is 0 Å². The quantitative estimate of drug-likeness (QED) is 0.188. The summed E-state index contributed by atoms with van der Waals surface area (Å²) in [6.07, 6.45) is -2.13. The Hall–Kier alpha value is -3.10. The third-order valence-corrected chi connectivity index (χ3v) is 8.67. The van der Waals surface area contributed by atoms with E-state index in [9.17, 15) is 10.2 Å². The topological polar surface area (TPSA) is 68.2 Å². The standard InChI is InChI=1S/C36H38ClFO5/c1-3-35(4-2)33(39)32(41-23-26-11-7-5-8-12-26)34(42-24-27-13-9-6-10-14-27)36(40,43-35)29-17-20-31(38)28(22-29)21-25-15-18-30(37)19-16-25/h5-20,22,32-34,39-40H,3-4,21,23-24H2,1-2H3. The van der Waals surface area contributed by atoms with Gasteiger partial charge >= 0.3 is 0 Å². The lowest BCUT2D eigenvalue weighted by Gasteiger charge is -2.54. The highest BCUT2D eigenvalue weighted by Gasteiger charge is 2.61. The minimum absolute atomic E-state index is 0.138. The molecule has 1 fully saturated rings. The van der Waals surface area contributed by atoms with Crippen LogP contribution in [-0.2, 0) is 39.6 Å². The number of benzene rings is 4. The number of aliphatic hydroxyl groups excluding tert-OH is 1. The predicted molar refractivity (Wildman–Crippen MR) is 165 cm³/mol. The second-order valence-electron chi connectivity index (χ2n) is 11.1. The molecule has 0 radical (unpaired) electrons. The molecule has 0 spiro atoms. The first kappa shape index (κ1) is 31.3. The summed E-state index contributed by atoms with van der Waals surface area (Å²) in [5.74, 6) is -2.47. The Morgan fingerprint density at radius 3 is 1.95 bits per heavy atom. The van der Waals surface area contributed by atoms with Crippen molar-refractivity contribution in [3.63, 3.8) is 0 Å². The van der Waals surface area contributed by atoms with Gasteiger partial charge in [0, 0.05) is 17.0 Å². The molecule has 43 heavy (non-hydrogen) atoms. The van der Waals surface area contributed by atoms with Gasteiger partial charge in [0.05, 0.1) is 13.2 Å². The highest BCUT2D eigenvalue weighted by molar-refractivity contribution is 6.30. The third kappa shape index (κ3) is 6.86. The molecular formula is C36H38ClFO5. The van der Waals surface area contributed by atoms with Crippen LogP contribution in [0.5, 0.6) is 0 Å². The molecule has 4 aromatic carbocycles. The summed E-state index contributed by atoms with van der Waals surface area (Å²) in [6, 6.07) is 30.9. The minimum Gasteiger partial charge on any atom is -0.387 e. The zero-order valence-electron chi connectivity index (χ0n) is 24.5. The van der Waals surface area contributed by atoms with Gasteiger partial charge in [0.2, 0.25) is 5.79 Å². The Morgan fingerprint density at radius 2 is 1.37 bits per heavy atom. The molecule has 0 saturated carbocycles. The van der Waals surface area contributed by atoms with Crippen LogP contribution in [0.3, 0.4) is 0 Å². The molecule has 0 aromatic heterocycles. The maximum Gasteiger partial charge on any atom is 0.223 e. The smallest absolute Gasteiger partial charge is 0.223 e. The highest BCUT2D eigenvalue weighted by atomic mass is 35.5. The molecule has 5 nitrogen and oxygen atoms in total. The Bertz CT molecular complexity index is 1460. The molecule has 2 N–H and O–H groups in total. The van der Waals surface area contributed by atoms with Crippen molar-refractivity contribution < 1.29 is 28.8 Å². The first-order chi connectivity index (χ1) is 20.8. The van der Waals surface area contributed by atoms with E-state index < -0.39 is 35.5 Å². The molecule has 4 atom stereocenters. The maximum atomic E-state index is 15.2. The highest BCUT2D eigenvalue weighted by Crippen LogP contribution is 2.47. The van der Waals surface area contributed by atoms with E-state index in [1.165, 1.54) is 12.1 Å². The fourth-order valence-corrected chi connectivity index (χ4v) is 5.95. The second-order valence-corrected chi connectivity index (χ2v) is 11.5. The molecule has 1 aliphatic heterocycles. The predicted octanol–water partition coefficient (Wildman–Crippen LogP) is 7.34. The summed E-state index contributed by atoms with van der Waals surface area (Å²) in [6.45, 7) is 4.14. The van der Waals surface area contributed by atoms with Gasteiger partial charge in [0.1, 0.15) is 29.7 Å². The first-order valence-electron chi connectivity index (χ1n) is 14.7. The second kappa shape index (κ2) is 13.7. The van der Waals surface area contributed by atoms with Gasteiger partial charge in [-0.05, 0) is 59.4 Å². The number of ether oxygens (including phenoxy) is 3. The molecule has 4 aromatic rings. The summed E-state index contributed by atoms with van der Waals surface area (Å²) in [5, 5.41) is 25.0. The fraction of sp³-hybridized carbons (Fsp3) is 0.333. The number of hydrogen-bond donors (Lipinski definition) is 2. The molecular weight excluding hydrogens is 567 g/mol. The van der Waals surface area contributed by atoms with E-state index in [0.717, 1.165) is 16.7 Å². The Labute approximate surface area is 257 Å². The van der Waals surface area contributed by atoms with E-state index in [1.54, 1.807) is 18.2 Å². The largest absolute Gasteiger partial charge is 0.387 e. The molecule has 7 heteroatoms. The van der Waals surface area contributed by atoms with Crippen LogP contribution in [0.25, 0.3) is 0 Å². The molecule has 226 valence electrons. The minimum atomic E-state index is -2.07. The summed E-state index contributed by atoms with van der Waals surface area (Å²) in [5.41, 5.74) is 2.22. The van der Waals surface area contributed by atoms with Crippen molar-refractivity contribution in [3.05, 3.63) is 142 Å². The van der Waals surface area contributed by atoms with E-state index in [2.05, 4.69) is 0 Å². The summed E-state index contributed by atoms with van der Waals surface area (Å²) >= 11 is 6.06. The summed E-state index contributed by atoms with van der Waals surface area (Å²) in [7, 11) is 0. The lowest BCUT2D eigenvalue weighted by atomic mass is 9.77. The summed E-state index contributed by atoms with van der Waals surface area (Å²) < 4.78 is 34.6. The average Bonchev–Trinajstić information content (AvgIpc) is 3.03. The van der Waals surface area contributed by atoms with Crippen molar-refractivity contribution >= 4 is 11.6 Å². The van der Waals surface area contributed by atoms with Crippen LogP contribution in [0.15, 0.2) is 103 Å². The fourth-order valence-electron chi connectivity index (χ4n) is 5.82. The van der Waals surface area contributed by atoms with E-state index >= 15 is 4.39 Å². The SMILES string of the molecule is CCC1(CC)OC(O)(c2ccc(F)c(Cc3ccc(Cl)cc3)c2)C(OCc2ccccc2)C(OCc2ccccc2)C1O. The molecule has 0 bridgehead atoms. The zero-order chi connectivity index (χ0) is 30.5. The van der Waals surface area contributed by atoms with Crippen LogP contribution in [0.4, 0.5) is 4.39 Å². The summed E-state index contributed by atoms with van der Waals surface area (Å²) in [4.78, 5) is 0. The molecule has 1 aliphatic rings. The van der Waals surface area contributed by atoms with Gasteiger partial charge in [-0.15, -0.1) is 0 Å². The van der Waals surface area contributed by atoms with Gasteiger partial charge in [0.25, 0.3) is 0 Å².